The molecule has 2 heteroatoms. The molecule has 48 valence electrons. The van der Waals surface area contributed by atoms with Crippen molar-refractivity contribution >= 4 is 0 Å². The molecule has 0 aliphatic heterocycles. The predicted molar refractivity (Wildman–Crippen MR) is 34.4 cm³/mol. The second-order valence-corrected chi connectivity index (χ2v) is 2.59. The zero-order valence-electron chi connectivity index (χ0n) is 5.14. The lowest BCUT2D eigenvalue weighted by molar-refractivity contribution is 0.492. The van der Waals surface area contributed by atoms with Crippen molar-refractivity contribution in [1.82, 2.24) is 0 Å². The third-order valence-corrected chi connectivity index (χ3v) is 2.02. The fraction of sp³-hybridized carbons (Fsp3) is 1.00. The Hall–Kier alpha value is -0.0800. The lowest BCUT2D eigenvalue weighted by atomic mass is 10.1. The van der Waals surface area contributed by atoms with Crippen LogP contribution in [0.4, 0.5) is 0 Å². The monoisotopic (exact) mass is 114 g/mol. The van der Waals surface area contributed by atoms with Crippen LogP contribution in [0, 0.1) is 5.92 Å². The van der Waals surface area contributed by atoms with Gasteiger partial charge in [0.2, 0.25) is 0 Å². The van der Waals surface area contributed by atoms with Crippen molar-refractivity contribution < 1.29 is 0 Å². The van der Waals surface area contributed by atoms with Crippen molar-refractivity contribution in [3.8, 4) is 0 Å². The molecule has 1 aliphatic carbocycles. The zero-order valence-corrected chi connectivity index (χ0v) is 5.14. The summed E-state index contributed by atoms with van der Waals surface area (Å²) in [5.74, 6) is 0.620. The standard InChI is InChI=1S/C6H14N2/c7-4-5-2-1-3-6(5)8/h5-6H,1-4,7-8H2/t5-,6+/m0/s1. The van der Waals surface area contributed by atoms with Crippen molar-refractivity contribution in [2.24, 2.45) is 17.4 Å². The first kappa shape index (κ1) is 6.05. The van der Waals surface area contributed by atoms with E-state index >= 15 is 0 Å². The van der Waals surface area contributed by atoms with Gasteiger partial charge in [-0.2, -0.15) is 0 Å². The van der Waals surface area contributed by atoms with Gasteiger partial charge in [-0.15, -0.1) is 0 Å². The maximum atomic E-state index is 5.71. The molecule has 8 heavy (non-hydrogen) atoms. The number of hydrogen-bond donors (Lipinski definition) is 2. The van der Waals surface area contributed by atoms with E-state index in [4.69, 9.17) is 11.5 Å². The van der Waals surface area contributed by atoms with Gasteiger partial charge < -0.3 is 11.5 Å². The summed E-state index contributed by atoms with van der Waals surface area (Å²) in [5, 5.41) is 0. The first-order valence-corrected chi connectivity index (χ1v) is 3.30. The van der Waals surface area contributed by atoms with Crippen LogP contribution in [-0.4, -0.2) is 12.6 Å². The number of hydrogen-bond acceptors (Lipinski definition) is 2. The first-order chi connectivity index (χ1) is 3.84. The Bertz CT molecular complexity index is 72.9. The molecule has 0 saturated heterocycles. The molecule has 1 fully saturated rings. The van der Waals surface area contributed by atoms with Crippen molar-refractivity contribution in [1.29, 1.82) is 0 Å². The van der Waals surface area contributed by atoms with Crippen LogP contribution in [-0.2, 0) is 0 Å². The highest BCUT2D eigenvalue weighted by Crippen LogP contribution is 2.22. The molecule has 2 nitrogen and oxygen atoms in total. The minimum atomic E-state index is 0.403. The first-order valence-electron chi connectivity index (χ1n) is 3.30. The van der Waals surface area contributed by atoms with Gasteiger partial charge in [-0.05, 0) is 25.3 Å². The van der Waals surface area contributed by atoms with Crippen molar-refractivity contribution in [2.75, 3.05) is 6.54 Å². The molecule has 0 heterocycles. The zero-order chi connectivity index (χ0) is 5.98. The van der Waals surface area contributed by atoms with Crippen LogP contribution in [0.1, 0.15) is 19.3 Å². The molecule has 0 spiro atoms. The van der Waals surface area contributed by atoms with Crippen LogP contribution < -0.4 is 11.5 Å². The van der Waals surface area contributed by atoms with Gasteiger partial charge in [-0.25, -0.2) is 0 Å². The normalized spacial score (nSPS) is 38.2. The second-order valence-electron chi connectivity index (χ2n) is 2.59. The summed E-state index contributed by atoms with van der Waals surface area (Å²) in [7, 11) is 0. The van der Waals surface area contributed by atoms with Crippen molar-refractivity contribution in [3.63, 3.8) is 0 Å². The van der Waals surface area contributed by atoms with Crippen LogP contribution in [0.15, 0.2) is 0 Å². The van der Waals surface area contributed by atoms with Gasteiger partial charge in [0.05, 0.1) is 0 Å². The summed E-state index contributed by atoms with van der Waals surface area (Å²) in [5.41, 5.74) is 11.2. The molecule has 1 rings (SSSR count). The second kappa shape index (κ2) is 2.46. The fourth-order valence-corrected chi connectivity index (χ4v) is 1.36. The minimum absolute atomic E-state index is 0.403. The van der Waals surface area contributed by atoms with Crippen LogP contribution in [0.5, 0.6) is 0 Å². The van der Waals surface area contributed by atoms with Crippen LogP contribution in [0.3, 0.4) is 0 Å². The van der Waals surface area contributed by atoms with Gasteiger partial charge in [0.1, 0.15) is 0 Å². The number of nitrogens with two attached hydrogens (primary N) is 2. The molecule has 0 radical (unpaired) electrons. The third-order valence-electron chi connectivity index (χ3n) is 2.02. The highest BCUT2D eigenvalue weighted by molar-refractivity contribution is 4.80. The SMILES string of the molecule is NC[C@@H]1CCC[C@H]1N. The van der Waals surface area contributed by atoms with Gasteiger partial charge in [0.15, 0.2) is 0 Å². The summed E-state index contributed by atoms with van der Waals surface area (Å²) in [4.78, 5) is 0. The Labute approximate surface area is 50.2 Å². The maximum Gasteiger partial charge on any atom is 0.00792 e. The van der Waals surface area contributed by atoms with Crippen LogP contribution >= 0.6 is 0 Å². The maximum absolute atomic E-state index is 5.71. The quantitative estimate of drug-likeness (QED) is 0.507. The van der Waals surface area contributed by atoms with E-state index < -0.39 is 0 Å². The Morgan fingerprint density at radius 1 is 1.38 bits per heavy atom. The summed E-state index contributed by atoms with van der Waals surface area (Å²) in [6.07, 6.45) is 3.71. The van der Waals surface area contributed by atoms with Gasteiger partial charge in [0, 0.05) is 6.04 Å². The highest BCUT2D eigenvalue weighted by atomic mass is 14.7. The molecule has 0 aromatic rings. The van der Waals surface area contributed by atoms with Crippen molar-refractivity contribution in [2.45, 2.75) is 25.3 Å². The molecule has 1 aliphatic rings. The average molecular weight is 114 g/mol. The predicted octanol–water partition coefficient (Wildman–Crippen LogP) is 0.0725. The van der Waals surface area contributed by atoms with Gasteiger partial charge >= 0.3 is 0 Å². The van der Waals surface area contributed by atoms with Gasteiger partial charge in [0.25, 0.3) is 0 Å². The van der Waals surface area contributed by atoms with E-state index in [1.54, 1.807) is 0 Å². The molecule has 0 bridgehead atoms. The molecule has 1 saturated carbocycles. The molecule has 0 amide bonds. The van der Waals surface area contributed by atoms with E-state index in [0.29, 0.717) is 12.0 Å². The van der Waals surface area contributed by atoms with Gasteiger partial charge in [-0.3, -0.25) is 0 Å². The third kappa shape index (κ3) is 1.01. The lowest BCUT2D eigenvalue weighted by Gasteiger charge is -2.10. The highest BCUT2D eigenvalue weighted by Gasteiger charge is 2.21. The molecule has 0 aromatic carbocycles. The Balaban J connectivity index is 2.30. The molecule has 4 N–H and O–H groups in total. The van der Waals surface area contributed by atoms with E-state index in [-0.39, 0.29) is 0 Å². The van der Waals surface area contributed by atoms with E-state index in [0.717, 1.165) is 6.54 Å². The average Bonchev–Trinajstić information content (AvgIpc) is 2.14. The van der Waals surface area contributed by atoms with E-state index in [1.165, 1.54) is 19.3 Å². The topological polar surface area (TPSA) is 52.0 Å². The van der Waals surface area contributed by atoms with Gasteiger partial charge in [-0.1, -0.05) is 6.42 Å². The van der Waals surface area contributed by atoms with Crippen LogP contribution in [0.2, 0.25) is 0 Å². The van der Waals surface area contributed by atoms with E-state index in [9.17, 15) is 0 Å². The lowest BCUT2D eigenvalue weighted by Crippen LogP contribution is -2.29. The Morgan fingerprint density at radius 3 is 2.38 bits per heavy atom. The smallest absolute Gasteiger partial charge is 0.00792 e. The molecule has 2 atom stereocenters. The molecular weight excluding hydrogens is 100 g/mol. The Morgan fingerprint density at radius 2 is 2.12 bits per heavy atom. The minimum Gasteiger partial charge on any atom is -0.330 e. The summed E-state index contributed by atoms with van der Waals surface area (Å²) < 4.78 is 0. The number of rotatable bonds is 1. The Kier molecular flexibility index (Phi) is 1.86. The van der Waals surface area contributed by atoms with E-state index in [1.807, 2.05) is 0 Å². The molecule has 0 aromatic heterocycles. The summed E-state index contributed by atoms with van der Waals surface area (Å²) in [6, 6.07) is 0.403. The largest absolute Gasteiger partial charge is 0.330 e. The van der Waals surface area contributed by atoms with E-state index in [2.05, 4.69) is 0 Å². The van der Waals surface area contributed by atoms with Crippen LogP contribution in [0.25, 0.3) is 0 Å². The summed E-state index contributed by atoms with van der Waals surface area (Å²) in [6.45, 7) is 0.779. The van der Waals surface area contributed by atoms with Crippen molar-refractivity contribution in [3.05, 3.63) is 0 Å². The summed E-state index contributed by atoms with van der Waals surface area (Å²) >= 11 is 0. The molecule has 0 unspecified atom stereocenters. The molecular formula is C6H14N2. The fourth-order valence-electron chi connectivity index (χ4n) is 1.36.